The van der Waals surface area contributed by atoms with Crippen molar-refractivity contribution in [3.63, 3.8) is 0 Å². The number of hydrogen-bond donors (Lipinski definition) is 1. The fraction of sp³-hybridized carbons (Fsp3) is 0.545. The second-order valence-corrected chi connectivity index (χ2v) is 6.37. The number of aromatic nitrogens is 1. The van der Waals surface area contributed by atoms with Crippen molar-refractivity contribution in [1.82, 2.24) is 9.71 Å². The Morgan fingerprint density at radius 3 is 2.82 bits per heavy atom. The Morgan fingerprint density at radius 1 is 1.47 bits per heavy atom. The van der Waals surface area contributed by atoms with Crippen LogP contribution in [0.5, 0.6) is 0 Å². The highest BCUT2D eigenvalue weighted by Crippen LogP contribution is 2.29. The molecule has 94 valence electrons. The zero-order valence-corrected chi connectivity index (χ0v) is 11.0. The topological polar surface area (TPSA) is 59.1 Å². The predicted octanol–water partition coefficient (Wildman–Crippen LogP) is 2.20. The van der Waals surface area contributed by atoms with Gasteiger partial charge in [0.2, 0.25) is 10.0 Å². The van der Waals surface area contributed by atoms with Gasteiger partial charge < -0.3 is 0 Å². The summed E-state index contributed by atoms with van der Waals surface area (Å²) in [4.78, 5) is 3.81. The van der Waals surface area contributed by atoms with Crippen molar-refractivity contribution < 1.29 is 8.42 Å². The maximum absolute atomic E-state index is 11.9. The number of halogens is 1. The first-order chi connectivity index (χ1) is 8.09. The van der Waals surface area contributed by atoms with Crippen LogP contribution in [0.3, 0.4) is 0 Å². The molecule has 0 unspecified atom stereocenters. The molecule has 1 aliphatic carbocycles. The van der Waals surface area contributed by atoms with Crippen molar-refractivity contribution in [2.24, 2.45) is 5.92 Å². The molecule has 2 rings (SSSR count). The minimum atomic E-state index is -3.52. The molecule has 17 heavy (non-hydrogen) atoms. The fourth-order valence-corrected chi connectivity index (χ4v) is 3.33. The summed E-state index contributed by atoms with van der Waals surface area (Å²) in [6.45, 7) is 0.470. The molecular formula is C11H15ClN2O2S. The predicted molar refractivity (Wildman–Crippen MR) is 66.4 cm³/mol. The average Bonchev–Trinajstić information content (AvgIpc) is 2.22. The quantitative estimate of drug-likeness (QED) is 0.838. The molecule has 6 heteroatoms. The molecule has 0 spiro atoms. The molecule has 0 atom stereocenters. The van der Waals surface area contributed by atoms with Gasteiger partial charge in [-0.25, -0.2) is 18.1 Å². The highest BCUT2D eigenvalue weighted by molar-refractivity contribution is 7.89. The summed E-state index contributed by atoms with van der Waals surface area (Å²) in [5, 5.41) is 0.0173. The molecule has 0 amide bonds. The van der Waals surface area contributed by atoms with Gasteiger partial charge in [0.1, 0.15) is 10.0 Å². The number of nitrogens with one attached hydrogen (secondary N) is 1. The van der Waals surface area contributed by atoms with Crippen molar-refractivity contribution >= 4 is 21.6 Å². The van der Waals surface area contributed by atoms with Gasteiger partial charge in [0, 0.05) is 12.7 Å². The largest absolute Gasteiger partial charge is 0.243 e. The molecule has 0 aromatic carbocycles. The van der Waals surface area contributed by atoms with Crippen LogP contribution in [0, 0.1) is 5.92 Å². The van der Waals surface area contributed by atoms with E-state index in [4.69, 9.17) is 11.6 Å². The molecular weight excluding hydrogens is 260 g/mol. The molecule has 1 N–H and O–H groups in total. The normalized spacial score (nSPS) is 16.8. The minimum Gasteiger partial charge on any atom is -0.243 e. The number of hydrogen-bond acceptors (Lipinski definition) is 3. The van der Waals surface area contributed by atoms with Crippen LogP contribution in [0.1, 0.15) is 25.7 Å². The standard InChI is InChI=1S/C11H15ClN2O2S/c12-11-10(5-2-7-13-11)17(15,16)14-8-6-9-3-1-4-9/h2,5,7,9,14H,1,3-4,6,8H2. The molecule has 0 radical (unpaired) electrons. The molecule has 1 fully saturated rings. The Bertz CT molecular complexity index is 486. The molecule has 0 bridgehead atoms. The lowest BCUT2D eigenvalue weighted by atomic mass is 9.83. The summed E-state index contributed by atoms with van der Waals surface area (Å²) < 4.78 is 26.4. The summed E-state index contributed by atoms with van der Waals surface area (Å²) in [5.41, 5.74) is 0. The van der Waals surface area contributed by atoms with Crippen molar-refractivity contribution in [2.75, 3.05) is 6.54 Å². The summed E-state index contributed by atoms with van der Waals surface area (Å²) in [6, 6.07) is 3.02. The van der Waals surface area contributed by atoms with Gasteiger partial charge in [-0.15, -0.1) is 0 Å². The van der Waals surface area contributed by atoms with E-state index in [9.17, 15) is 8.42 Å². The lowest BCUT2D eigenvalue weighted by Gasteiger charge is -2.25. The first kappa shape index (κ1) is 12.8. The Labute approximate surface area is 106 Å². The van der Waals surface area contributed by atoms with Crippen LogP contribution >= 0.6 is 11.6 Å². The van der Waals surface area contributed by atoms with Crippen LogP contribution in [-0.2, 0) is 10.0 Å². The third-order valence-electron chi connectivity index (χ3n) is 3.08. The third kappa shape index (κ3) is 3.18. The minimum absolute atomic E-state index is 0.0173. The Hall–Kier alpha value is -0.650. The average molecular weight is 275 g/mol. The number of nitrogens with zero attached hydrogens (tertiary/aromatic N) is 1. The van der Waals surface area contributed by atoms with Crippen LogP contribution in [0.2, 0.25) is 5.15 Å². The second-order valence-electron chi connectivity index (χ2n) is 4.28. The van der Waals surface area contributed by atoms with Crippen molar-refractivity contribution in [3.8, 4) is 0 Å². The Balaban J connectivity index is 1.96. The van der Waals surface area contributed by atoms with Crippen LogP contribution in [0.4, 0.5) is 0 Å². The van der Waals surface area contributed by atoms with Crippen LogP contribution in [-0.4, -0.2) is 19.9 Å². The van der Waals surface area contributed by atoms with Gasteiger partial charge in [-0.05, 0) is 24.5 Å². The molecule has 1 heterocycles. The fourth-order valence-electron chi connectivity index (χ4n) is 1.83. The van der Waals surface area contributed by atoms with Gasteiger partial charge >= 0.3 is 0 Å². The van der Waals surface area contributed by atoms with E-state index in [2.05, 4.69) is 9.71 Å². The lowest BCUT2D eigenvalue weighted by Crippen LogP contribution is -2.27. The zero-order valence-electron chi connectivity index (χ0n) is 9.39. The first-order valence-electron chi connectivity index (χ1n) is 5.70. The van der Waals surface area contributed by atoms with E-state index in [0.717, 1.165) is 6.42 Å². The molecule has 4 nitrogen and oxygen atoms in total. The first-order valence-corrected chi connectivity index (χ1v) is 7.56. The van der Waals surface area contributed by atoms with Gasteiger partial charge in [0.05, 0.1) is 0 Å². The molecule has 1 aromatic rings. The van der Waals surface area contributed by atoms with Gasteiger partial charge in [-0.2, -0.15) is 0 Å². The van der Waals surface area contributed by atoms with Gasteiger partial charge in [-0.1, -0.05) is 30.9 Å². The number of sulfonamides is 1. The Morgan fingerprint density at radius 2 is 2.24 bits per heavy atom. The van der Waals surface area contributed by atoms with E-state index in [1.54, 1.807) is 6.07 Å². The van der Waals surface area contributed by atoms with Crippen molar-refractivity contribution in [2.45, 2.75) is 30.6 Å². The Kier molecular flexibility index (Phi) is 4.01. The van der Waals surface area contributed by atoms with Crippen LogP contribution < -0.4 is 4.72 Å². The van der Waals surface area contributed by atoms with Crippen LogP contribution in [0.25, 0.3) is 0 Å². The SMILES string of the molecule is O=S(=O)(NCCC1CCC1)c1cccnc1Cl. The van der Waals surface area contributed by atoms with E-state index in [1.807, 2.05) is 0 Å². The van der Waals surface area contributed by atoms with E-state index in [1.165, 1.54) is 31.5 Å². The lowest BCUT2D eigenvalue weighted by molar-refractivity contribution is 0.297. The molecule has 1 saturated carbocycles. The third-order valence-corrected chi connectivity index (χ3v) is 4.99. The van der Waals surface area contributed by atoms with E-state index in [0.29, 0.717) is 12.5 Å². The van der Waals surface area contributed by atoms with Crippen molar-refractivity contribution in [1.29, 1.82) is 0 Å². The van der Waals surface area contributed by atoms with E-state index >= 15 is 0 Å². The molecule has 0 saturated heterocycles. The van der Waals surface area contributed by atoms with E-state index in [-0.39, 0.29) is 10.0 Å². The summed E-state index contributed by atoms with van der Waals surface area (Å²) >= 11 is 5.76. The smallest absolute Gasteiger partial charge is 0.243 e. The van der Waals surface area contributed by atoms with Gasteiger partial charge in [0.15, 0.2) is 0 Å². The summed E-state index contributed by atoms with van der Waals surface area (Å²) in [6.07, 6.45) is 6.07. The zero-order chi connectivity index (χ0) is 12.3. The second kappa shape index (κ2) is 5.33. The number of rotatable bonds is 5. The highest BCUT2D eigenvalue weighted by Gasteiger charge is 2.20. The van der Waals surface area contributed by atoms with Crippen LogP contribution in [0.15, 0.2) is 23.2 Å². The van der Waals surface area contributed by atoms with Gasteiger partial charge in [-0.3, -0.25) is 0 Å². The maximum atomic E-state index is 11.9. The summed E-state index contributed by atoms with van der Waals surface area (Å²) in [5.74, 6) is 0.682. The van der Waals surface area contributed by atoms with E-state index < -0.39 is 10.0 Å². The molecule has 1 aliphatic rings. The highest BCUT2D eigenvalue weighted by atomic mass is 35.5. The number of pyridine rings is 1. The molecule has 1 aromatic heterocycles. The summed E-state index contributed by atoms with van der Waals surface area (Å²) in [7, 11) is -3.52. The maximum Gasteiger partial charge on any atom is 0.243 e. The van der Waals surface area contributed by atoms with Crippen molar-refractivity contribution in [3.05, 3.63) is 23.5 Å². The van der Waals surface area contributed by atoms with Gasteiger partial charge in [0.25, 0.3) is 0 Å². The molecule has 0 aliphatic heterocycles. The monoisotopic (exact) mass is 274 g/mol.